The summed E-state index contributed by atoms with van der Waals surface area (Å²) in [6.45, 7) is 11.4. The molecule has 1 aromatic heterocycles. The molecular weight excluding hydrogens is 718 g/mol. The van der Waals surface area contributed by atoms with Gasteiger partial charge in [-0.1, -0.05) is 0 Å². The predicted molar refractivity (Wildman–Crippen MR) is 192 cm³/mol. The number of anilines is 1. The highest BCUT2D eigenvalue weighted by molar-refractivity contribution is 7.84. The van der Waals surface area contributed by atoms with Gasteiger partial charge in [0.15, 0.2) is 17.3 Å². The maximum absolute atomic E-state index is 15.2. The third-order valence-electron chi connectivity index (χ3n) is 8.85. The summed E-state index contributed by atoms with van der Waals surface area (Å²) in [5, 5.41) is 11.7. The van der Waals surface area contributed by atoms with Crippen LogP contribution in [0.15, 0.2) is 48.5 Å². The van der Waals surface area contributed by atoms with Crippen molar-refractivity contribution in [3.8, 4) is 22.8 Å². The van der Waals surface area contributed by atoms with Crippen LogP contribution in [-0.4, -0.2) is 62.5 Å². The lowest BCUT2D eigenvalue weighted by Crippen LogP contribution is -2.50. The Hall–Kier alpha value is -4.08. The van der Waals surface area contributed by atoms with Crippen LogP contribution >= 0.6 is 0 Å². The molecule has 288 valence electrons. The number of hydrogen-bond donors (Lipinski definition) is 2. The molecule has 3 atom stereocenters. The monoisotopic (exact) mass is 763 g/mol. The molecule has 2 aliphatic rings. The van der Waals surface area contributed by atoms with Crippen LogP contribution in [0.2, 0.25) is 0 Å². The Morgan fingerprint density at radius 1 is 1.02 bits per heavy atom. The second-order valence-corrected chi connectivity index (χ2v) is 17.6. The van der Waals surface area contributed by atoms with E-state index in [1.165, 1.54) is 42.3 Å². The fraction of sp³-hybridized carbons (Fsp3) is 0.500. The Morgan fingerprint density at radius 2 is 1.66 bits per heavy atom. The van der Waals surface area contributed by atoms with Gasteiger partial charge in [0.05, 0.1) is 58.1 Å². The number of amides is 1. The van der Waals surface area contributed by atoms with Crippen molar-refractivity contribution < 1.29 is 50.7 Å². The van der Waals surface area contributed by atoms with Crippen molar-refractivity contribution in [2.45, 2.75) is 108 Å². The molecule has 0 radical (unpaired) electrons. The molecule has 5 rings (SSSR count). The molecule has 10 nitrogen and oxygen atoms in total. The molecule has 2 aromatic carbocycles. The predicted octanol–water partition coefficient (Wildman–Crippen LogP) is 7.87. The van der Waals surface area contributed by atoms with Crippen LogP contribution in [-0.2, 0) is 26.9 Å². The van der Waals surface area contributed by atoms with E-state index in [1.54, 1.807) is 48.5 Å². The van der Waals surface area contributed by atoms with Gasteiger partial charge in [0.2, 0.25) is 5.60 Å². The highest BCUT2D eigenvalue weighted by atomic mass is 32.2. The SMILES string of the molecule is COc1cc(C(=O)CC[C@@](O)(c2cc3c(c(-c4ccc(F)cc4)n2)N(C(=O)OC(C)(C)C)C[C@@]3(C)NS(=O)C(C)(C)C)C(F)(F)F)ccc1OC1CC1. The Morgan fingerprint density at radius 3 is 2.21 bits per heavy atom. The molecular formula is C38H45F4N3O7S. The highest BCUT2D eigenvalue weighted by Gasteiger charge is 2.57. The first-order valence-electron chi connectivity index (χ1n) is 17.1. The zero-order valence-corrected chi connectivity index (χ0v) is 31.8. The molecule has 1 unspecified atom stereocenters. The van der Waals surface area contributed by atoms with Gasteiger partial charge in [0.25, 0.3) is 0 Å². The fourth-order valence-corrected chi connectivity index (χ4v) is 6.70. The molecule has 1 amide bonds. The first-order chi connectivity index (χ1) is 24.5. The molecule has 3 aromatic rings. The number of alkyl halides is 3. The number of methoxy groups -OCH3 is 1. The third-order valence-corrected chi connectivity index (χ3v) is 10.6. The van der Waals surface area contributed by atoms with E-state index in [0.717, 1.165) is 31.0 Å². The molecule has 2 heterocycles. The number of aliphatic hydroxyl groups is 1. The fourth-order valence-electron chi connectivity index (χ4n) is 5.81. The number of aromatic nitrogens is 1. The van der Waals surface area contributed by atoms with Gasteiger partial charge in [0, 0.05) is 23.1 Å². The average molecular weight is 764 g/mol. The minimum absolute atomic E-state index is 0.0247. The van der Waals surface area contributed by atoms with E-state index in [0.29, 0.717) is 5.75 Å². The van der Waals surface area contributed by atoms with Gasteiger partial charge in [0.1, 0.15) is 11.4 Å². The topological polar surface area (TPSA) is 127 Å². The number of nitrogens with one attached hydrogen (secondary N) is 1. The van der Waals surface area contributed by atoms with Gasteiger partial charge in [-0.25, -0.2) is 23.1 Å². The summed E-state index contributed by atoms with van der Waals surface area (Å²) in [6, 6.07) is 10.1. The van der Waals surface area contributed by atoms with Crippen LogP contribution in [0.3, 0.4) is 0 Å². The minimum Gasteiger partial charge on any atom is -0.493 e. The summed E-state index contributed by atoms with van der Waals surface area (Å²) in [4.78, 5) is 32.6. The number of Topliss-reactive ketones (excluding diaryl/α,β-unsaturated/α-hetero) is 1. The number of ketones is 1. The summed E-state index contributed by atoms with van der Waals surface area (Å²) in [6.07, 6.45) is -6.29. The van der Waals surface area contributed by atoms with E-state index >= 15 is 13.2 Å². The van der Waals surface area contributed by atoms with Gasteiger partial charge >= 0.3 is 12.3 Å². The second kappa shape index (κ2) is 14.3. The molecule has 1 aliphatic carbocycles. The Kier molecular flexibility index (Phi) is 10.8. The molecule has 15 heteroatoms. The summed E-state index contributed by atoms with van der Waals surface area (Å²) in [7, 11) is -0.420. The number of carbonyl (C=O) groups is 2. The van der Waals surface area contributed by atoms with Crippen molar-refractivity contribution in [1.29, 1.82) is 0 Å². The number of carbonyl (C=O) groups excluding carboxylic acids is 2. The maximum atomic E-state index is 15.2. The van der Waals surface area contributed by atoms with E-state index in [4.69, 9.17) is 14.2 Å². The molecule has 2 N–H and O–H groups in total. The van der Waals surface area contributed by atoms with E-state index < -0.39 is 74.9 Å². The van der Waals surface area contributed by atoms with E-state index in [1.807, 2.05) is 0 Å². The van der Waals surface area contributed by atoms with Crippen molar-refractivity contribution in [2.24, 2.45) is 0 Å². The molecule has 0 spiro atoms. The number of hydrogen-bond acceptors (Lipinski definition) is 8. The zero-order chi connectivity index (χ0) is 39.3. The van der Waals surface area contributed by atoms with Crippen LogP contribution < -0.4 is 19.1 Å². The van der Waals surface area contributed by atoms with Gasteiger partial charge in [-0.15, -0.1) is 0 Å². The highest BCUT2D eigenvalue weighted by Crippen LogP contribution is 2.50. The third kappa shape index (κ3) is 8.68. The summed E-state index contributed by atoms with van der Waals surface area (Å²) < 4.78 is 92.2. The molecule has 53 heavy (non-hydrogen) atoms. The van der Waals surface area contributed by atoms with Gasteiger partial charge < -0.3 is 19.3 Å². The van der Waals surface area contributed by atoms with E-state index in [-0.39, 0.29) is 46.5 Å². The van der Waals surface area contributed by atoms with Crippen LogP contribution in [0.1, 0.15) is 95.8 Å². The molecule has 1 fully saturated rings. The van der Waals surface area contributed by atoms with Crippen molar-refractivity contribution in [3.05, 3.63) is 71.2 Å². The van der Waals surface area contributed by atoms with E-state index in [2.05, 4.69) is 9.71 Å². The van der Waals surface area contributed by atoms with Crippen LogP contribution in [0.25, 0.3) is 11.3 Å². The Balaban J connectivity index is 1.65. The smallest absolute Gasteiger partial charge is 0.422 e. The minimum atomic E-state index is -5.35. The van der Waals surface area contributed by atoms with Gasteiger partial charge in [-0.2, -0.15) is 13.2 Å². The normalized spacial score (nSPS) is 19.3. The number of rotatable bonds is 11. The van der Waals surface area contributed by atoms with Gasteiger partial charge in [-0.3, -0.25) is 9.69 Å². The lowest BCUT2D eigenvalue weighted by Gasteiger charge is -2.33. The number of pyridine rings is 1. The molecule has 1 aliphatic heterocycles. The average Bonchev–Trinajstić information content (AvgIpc) is 3.83. The lowest BCUT2D eigenvalue weighted by atomic mass is 9.86. The first-order valence-corrected chi connectivity index (χ1v) is 18.3. The summed E-state index contributed by atoms with van der Waals surface area (Å²) in [5.74, 6) is -0.690. The Labute approximate surface area is 308 Å². The number of fused-ring (bicyclic) bond motifs is 1. The Bertz CT molecular complexity index is 1910. The van der Waals surface area contributed by atoms with Crippen molar-refractivity contribution in [1.82, 2.24) is 9.71 Å². The first kappa shape index (κ1) is 40.1. The van der Waals surface area contributed by atoms with Crippen molar-refractivity contribution in [2.75, 3.05) is 18.6 Å². The van der Waals surface area contributed by atoms with Gasteiger partial charge in [-0.05, 0) is 116 Å². The largest absolute Gasteiger partial charge is 0.493 e. The maximum Gasteiger partial charge on any atom is 0.422 e. The lowest BCUT2D eigenvalue weighted by molar-refractivity contribution is -0.270. The number of halogens is 4. The number of benzene rings is 2. The van der Waals surface area contributed by atoms with Crippen LogP contribution in [0.5, 0.6) is 11.5 Å². The number of nitrogens with zero attached hydrogens (tertiary/aromatic N) is 2. The van der Waals surface area contributed by atoms with Crippen LogP contribution in [0, 0.1) is 5.82 Å². The molecule has 0 bridgehead atoms. The summed E-state index contributed by atoms with van der Waals surface area (Å²) >= 11 is 0. The number of ether oxygens (including phenoxy) is 3. The molecule has 1 saturated carbocycles. The molecule has 0 saturated heterocycles. The second-order valence-electron chi connectivity index (χ2n) is 15.6. The van der Waals surface area contributed by atoms with E-state index in [9.17, 15) is 23.3 Å². The van der Waals surface area contributed by atoms with Crippen LogP contribution in [0.4, 0.5) is 28.0 Å². The quantitative estimate of drug-likeness (QED) is 0.149. The summed E-state index contributed by atoms with van der Waals surface area (Å²) in [5.41, 5.74) is -6.94. The van der Waals surface area contributed by atoms with Crippen molar-refractivity contribution in [3.63, 3.8) is 0 Å². The zero-order valence-electron chi connectivity index (χ0n) is 30.9. The standard InChI is InChI=1S/C38H45F4N3O7S/c1-34(2,3)52-33(47)45-21-36(7,44-53(49)35(4,5)6)26-20-30(43-31(32(26)45)22-9-12-24(39)13-10-22)37(48,38(40,41)42)18-17-27(46)23-11-16-28(29(19-23)50-8)51-25-14-15-25/h9-13,16,19-20,25,44,48H,14-15,17-18,21H2,1-8H3/t36-,37-,53?/m1/s1. The van der Waals surface area contributed by atoms with Crippen molar-refractivity contribution >= 4 is 28.5 Å².